The number of methoxy groups -OCH3 is 1. The maximum absolute atomic E-state index is 12.7. The van der Waals surface area contributed by atoms with E-state index in [-0.39, 0.29) is 0 Å². The Labute approximate surface area is 292 Å². The molecule has 15 nitrogen and oxygen atoms in total. The van der Waals surface area contributed by atoms with Crippen molar-refractivity contribution in [1.29, 1.82) is 0 Å². The zero-order chi connectivity index (χ0) is 35.0. The minimum Gasteiger partial charge on any atom is -0.479 e. The first-order valence-corrected chi connectivity index (χ1v) is 18.8. The van der Waals surface area contributed by atoms with Gasteiger partial charge < -0.3 is 30.2 Å². The molecule has 264 valence electrons. The van der Waals surface area contributed by atoms with E-state index in [4.69, 9.17) is 19.7 Å². The van der Waals surface area contributed by atoms with Crippen LogP contribution in [0.5, 0.6) is 5.88 Å². The lowest BCUT2D eigenvalue weighted by atomic mass is 10.0. The van der Waals surface area contributed by atoms with Gasteiger partial charge >= 0.3 is 0 Å². The summed E-state index contributed by atoms with van der Waals surface area (Å²) in [5, 5.41) is 7.43. The van der Waals surface area contributed by atoms with E-state index in [9.17, 15) is 8.42 Å². The number of fused-ring (bicyclic) bond motifs is 2. The van der Waals surface area contributed by atoms with Gasteiger partial charge in [-0.1, -0.05) is 6.92 Å². The van der Waals surface area contributed by atoms with Crippen molar-refractivity contribution in [2.75, 3.05) is 86.6 Å². The number of ether oxygens (including phenoxy) is 1. The molecule has 2 saturated heterocycles. The lowest BCUT2D eigenvalue weighted by Gasteiger charge is -2.42. The number of H-pyrrole nitrogens is 1. The Bertz CT molecular complexity index is 2110. The highest BCUT2D eigenvalue weighted by molar-refractivity contribution is 7.92. The van der Waals surface area contributed by atoms with Crippen molar-refractivity contribution in [2.24, 2.45) is 0 Å². The molecule has 0 atom stereocenters. The molecule has 4 aromatic heterocycles. The average molecular weight is 701 g/mol. The summed E-state index contributed by atoms with van der Waals surface area (Å²) in [7, 11) is 1.68. The van der Waals surface area contributed by atoms with Crippen LogP contribution < -0.4 is 24.6 Å². The molecule has 2 fully saturated rings. The number of piperazine rings is 1. The van der Waals surface area contributed by atoms with Crippen molar-refractivity contribution in [3.63, 3.8) is 0 Å². The number of sulfonamides is 1. The van der Waals surface area contributed by atoms with Crippen LogP contribution in [0.3, 0.4) is 0 Å². The molecule has 5 aromatic rings. The molecule has 3 N–H and O–H groups in total. The number of aryl methyl sites for hydroxylation is 1. The lowest BCUT2D eigenvalue weighted by molar-refractivity contribution is 0.0981. The molecular weight excluding hydrogens is 657 g/mol. The number of anilines is 6. The summed E-state index contributed by atoms with van der Waals surface area (Å²) in [6.45, 7) is 8.57. The molecule has 0 saturated carbocycles. The molecule has 0 bridgehead atoms. The van der Waals surface area contributed by atoms with Gasteiger partial charge in [0, 0.05) is 70.9 Å². The fraction of sp³-hybridized carbons (Fsp3) is 0.441. The highest BCUT2D eigenvalue weighted by Gasteiger charge is 2.29. The van der Waals surface area contributed by atoms with Gasteiger partial charge in [-0.2, -0.15) is 15.0 Å². The SMILES string of the molecule is CCc1cc(Nc2nc(Nc3ccc4nccnc4c3N(C)S(C)(=O)=O)c3cc[nH]c3n2)c(OC)nc1N1CCC(N2CCN(C)CC2)CC1. The quantitative estimate of drug-likeness (QED) is 0.192. The van der Waals surface area contributed by atoms with Crippen LogP contribution in [0.15, 0.2) is 42.9 Å². The lowest BCUT2D eigenvalue weighted by Crippen LogP contribution is -2.52. The molecular formula is C34H44N12O3S. The van der Waals surface area contributed by atoms with Gasteiger partial charge in [-0.05, 0) is 56.1 Å². The van der Waals surface area contributed by atoms with Crippen LogP contribution in [0.4, 0.5) is 34.6 Å². The number of hydrogen-bond donors (Lipinski definition) is 3. The Morgan fingerprint density at radius 1 is 0.980 bits per heavy atom. The number of benzene rings is 1. The van der Waals surface area contributed by atoms with E-state index in [1.54, 1.807) is 31.6 Å². The Morgan fingerprint density at radius 3 is 2.46 bits per heavy atom. The number of aromatic nitrogens is 6. The van der Waals surface area contributed by atoms with Gasteiger partial charge in [-0.25, -0.2) is 8.42 Å². The van der Waals surface area contributed by atoms with Gasteiger partial charge in [-0.3, -0.25) is 19.2 Å². The molecule has 0 spiro atoms. The van der Waals surface area contributed by atoms with E-state index in [0.29, 0.717) is 57.4 Å². The molecule has 0 amide bonds. The molecule has 0 unspecified atom stereocenters. The average Bonchev–Trinajstić information content (AvgIpc) is 3.60. The van der Waals surface area contributed by atoms with Gasteiger partial charge in [0.2, 0.25) is 21.9 Å². The minimum absolute atomic E-state index is 0.309. The number of rotatable bonds is 10. The molecule has 0 radical (unpaired) electrons. The second-order valence-electron chi connectivity index (χ2n) is 12.9. The van der Waals surface area contributed by atoms with Gasteiger partial charge in [0.05, 0.1) is 30.0 Å². The molecule has 7 rings (SSSR count). The molecule has 1 aromatic carbocycles. The zero-order valence-electron chi connectivity index (χ0n) is 29.1. The van der Waals surface area contributed by atoms with E-state index in [2.05, 4.69) is 60.3 Å². The van der Waals surface area contributed by atoms with Crippen LogP contribution in [-0.4, -0.2) is 121 Å². The number of nitrogens with one attached hydrogen (secondary N) is 3. The van der Waals surface area contributed by atoms with Gasteiger partial charge in [-0.15, -0.1) is 0 Å². The number of likely N-dealkylation sites (N-methyl/N-ethyl adjacent to an activating group) is 1. The fourth-order valence-electron chi connectivity index (χ4n) is 6.89. The topological polar surface area (TPSA) is 161 Å². The number of aromatic amines is 1. The van der Waals surface area contributed by atoms with E-state index in [1.807, 2.05) is 6.07 Å². The summed E-state index contributed by atoms with van der Waals surface area (Å²) in [5.74, 6) is 2.18. The van der Waals surface area contributed by atoms with Crippen molar-refractivity contribution in [3.8, 4) is 5.88 Å². The summed E-state index contributed by atoms with van der Waals surface area (Å²) >= 11 is 0. The Kier molecular flexibility index (Phi) is 9.32. The number of pyridine rings is 1. The summed E-state index contributed by atoms with van der Waals surface area (Å²) in [4.78, 5) is 34.1. The molecule has 0 aliphatic carbocycles. The normalized spacial score (nSPS) is 16.6. The highest BCUT2D eigenvalue weighted by atomic mass is 32.2. The summed E-state index contributed by atoms with van der Waals surface area (Å²) < 4.78 is 32.5. The minimum atomic E-state index is -3.63. The maximum Gasteiger partial charge on any atom is 0.239 e. The molecule has 16 heteroatoms. The summed E-state index contributed by atoms with van der Waals surface area (Å²) in [6.07, 6.45) is 9.06. The predicted octanol–water partition coefficient (Wildman–Crippen LogP) is 3.97. The monoisotopic (exact) mass is 700 g/mol. The van der Waals surface area contributed by atoms with Gasteiger partial charge in [0.15, 0.2) is 0 Å². The van der Waals surface area contributed by atoms with Crippen LogP contribution in [0.25, 0.3) is 22.1 Å². The largest absolute Gasteiger partial charge is 0.479 e. The maximum atomic E-state index is 12.7. The van der Waals surface area contributed by atoms with Gasteiger partial charge in [0.25, 0.3) is 0 Å². The van der Waals surface area contributed by atoms with Gasteiger partial charge in [0.1, 0.15) is 34.2 Å². The van der Waals surface area contributed by atoms with E-state index < -0.39 is 10.0 Å². The van der Waals surface area contributed by atoms with Crippen LogP contribution in [0.1, 0.15) is 25.3 Å². The van der Waals surface area contributed by atoms with Crippen molar-refractivity contribution >= 4 is 66.7 Å². The van der Waals surface area contributed by atoms with Crippen LogP contribution >= 0.6 is 0 Å². The standard InChI is InChI=1S/C34H44N12O3S/c1-6-22-21-27(33(49-4)42-32(22)46-15-10-23(11-16-46)45-19-17-43(2)18-20-45)39-34-40-30-24(9-12-37-30)31(41-34)38-26-8-7-25-28(36-14-13-35-25)29(26)44(3)50(5,47)48/h7-9,12-14,21,23H,6,10-11,15-20H2,1-5H3,(H3,37,38,39,40,41). The summed E-state index contributed by atoms with van der Waals surface area (Å²) in [6, 6.07) is 8.11. The second kappa shape index (κ2) is 13.8. The smallest absolute Gasteiger partial charge is 0.239 e. The third-order valence-electron chi connectivity index (χ3n) is 9.78. The highest BCUT2D eigenvalue weighted by Crippen LogP contribution is 2.38. The first kappa shape index (κ1) is 33.7. The third kappa shape index (κ3) is 6.69. The second-order valence-corrected chi connectivity index (χ2v) is 15.0. The molecule has 2 aliphatic heterocycles. The van der Waals surface area contributed by atoms with Crippen LogP contribution in [-0.2, 0) is 16.4 Å². The van der Waals surface area contributed by atoms with Crippen LogP contribution in [0.2, 0.25) is 0 Å². The van der Waals surface area contributed by atoms with E-state index in [0.717, 1.165) is 81.6 Å². The van der Waals surface area contributed by atoms with Crippen molar-refractivity contribution in [2.45, 2.75) is 32.2 Å². The van der Waals surface area contributed by atoms with E-state index in [1.165, 1.54) is 17.5 Å². The van der Waals surface area contributed by atoms with Crippen molar-refractivity contribution < 1.29 is 13.2 Å². The summed E-state index contributed by atoms with van der Waals surface area (Å²) in [5.41, 5.74) is 4.20. The van der Waals surface area contributed by atoms with E-state index >= 15 is 0 Å². The van der Waals surface area contributed by atoms with Crippen molar-refractivity contribution in [1.82, 2.24) is 39.7 Å². The Morgan fingerprint density at radius 2 is 1.74 bits per heavy atom. The molecule has 6 heterocycles. The number of nitrogens with zero attached hydrogens (tertiary/aromatic N) is 9. The Balaban J connectivity index is 1.18. The number of piperidine rings is 1. The fourth-order valence-corrected chi connectivity index (χ4v) is 7.40. The number of hydrogen-bond acceptors (Lipinski definition) is 13. The predicted molar refractivity (Wildman–Crippen MR) is 198 cm³/mol. The first-order chi connectivity index (χ1) is 24.1. The molecule has 50 heavy (non-hydrogen) atoms. The first-order valence-electron chi connectivity index (χ1n) is 16.9. The Hall–Kier alpha value is -4.80. The van der Waals surface area contributed by atoms with Crippen molar-refractivity contribution in [3.05, 3.63) is 48.4 Å². The zero-order valence-corrected chi connectivity index (χ0v) is 30.0. The van der Waals surface area contributed by atoms with Crippen LogP contribution in [0, 0.1) is 0 Å². The molecule has 2 aliphatic rings. The third-order valence-corrected chi connectivity index (χ3v) is 11.0.